The van der Waals surface area contributed by atoms with Crippen molar-refractivity contribution in [2.45, 2.75) is 35.4 Å². The lowest BCUT2D eigenvalue weighted by molar-refractivity contribution is -0.140. The minimum absolute atomic E-state index is 0.0331. The Morgan fingerprint density at radius 3 is 2.47 bits per heavy atom. The van der Waals surface area contributed by atoms with Crippen molar-refractivity contribution in [2.75, 3.05) is 12.6 Å². The molecule has 0 radical (unpaired) electrons. The van der Waals surface area contributed by atoms with Crippen molar-refractivity contribution < 1.29 is 33.8 Å². The maximum atomic E-state index is 13.6. The molecule has 1 aromatic rings. The Labute approximate surface area is 224 Å². The molecule has 0 spiro atoms. The van der Waals surface area contributed by atoms with E-state index < -0.39 is 63.1 Å². The summed E-state index contributed by atoms with van der Waals surface area (Å²) in [5.41, 5.74) is 1.51. The summed E-state index contributed by atoms with van der Waals surface area (Å²) < 4.78 is 4.64. The molecule has 6 atom stereocenters. The normalized spacial score (nSPS) is 35.4. The maximum absolute atomic E-state index is 13.6. The molecular formula is C24H21BrCl2N2O7. The van der Waals surface area contributed by atoms with Crippen LogP contribution in [0.4, 0.5) is 4.79 Å². The van der Waals surface area contributed by atoms with Crippen LogP contribution in [0.2, 0.25) is 0 Å². The van der Waals surface area contributed by atoms with Gasteiger partial charge in [-0.2, -0.15) is 4.90 Å². The number of benzene rings is 1. The molecule has 1 N–H and O–H groups in total. The largest absolute Gasteiger partial charge is 0.508 e. The number of hydrogen-bond acceptors (Lipinski definition) is 7. The second-order valence-electron chi connectivity index (χ2n) is 9.51. The number of aromatic hydroxyl groups is 1. The highest BCUT2D eigenvalue weighted by molar-refractivity contribution is 9.09. The molecule has 190 valence electrons. The number of methoxy groups -OCH3 is 1. The predicted molar refractivity (Wildman–Crippen MR) is 130 cm³/mol. The Morgan fingerprint density at radius 1 is 1.17 bits per heavy atom. The number of fused-ring (bicyclic) bond motifs is 4. The highest BCUT2D eigenvalue weighted by Gasteiger charge is 2.76. The van der Waals surface area contributed by atoms with E-state index in [0.29, 0.717) is 21.6 Å². The van der Waals surface area contributed by atoms with E-state index in [9.17, 15) is 29.1 Å². The summed E-state index contributed by atoms with van der Waals surface area (Å²) >= 11 is 17.3. The number of carbonyl (C=O) groups is 5. The van der Waals surface area contributed by atoms with Gasteiger partial charge in [-0.1, -0.05) is 39.7 Å². The van der Waals surface area contributed by atoms with Crippen molar-refractivity contribution >= 4 is 68.9 Å². The van der Waals surface area contributed by atoms with Gasteiger partial charge in [0.25, 0.3) is 11.8 Å². The van der Waals surface area contributed by atoms with E-state index in [0.717, 1.165) is 12.0 Å². The first-order valence-corrected chi connectivity index (χ1v) is 13.1. The molecule has 1 aromatic carbocycles. The minimum atomic E-state index is -1.93. The molecule has 4 aliphatic rings. The van der Waals surface area contributed by atoms with Gasteiger partial charge in [0.1, 0.15) is 5.75 Å². The van der Waals surface area contributed by atoms with Crippen LogP contribution in [-0.4, -0.2) is 66.9 Å². The standard InChI is InChI=1S/C24H21BrCl2N2O7/c1-10-7-11(3-6-15(10)30)17-12-4-5-13-16(19(32)29(18(13)31)22(35)36-2)14(12)8-23(26)20(33)28(9-25)21(34)24(17,23)27/h3-4,6-7,13-14,16-17,30H,5,8-9H2,1-2H3/t13-,14+,16-,17-,23+,24-/m0/s1. The van der Waals surface area contributed by atoms with Crippen LogP contribution in [0.25, 0.3) is 0 Å². The molecule has 5 rings (SSSR count). The minimum Gasteiger partial charge on any atom is -0.508 e. The molecular weight excluding hydrogens is 579 g/mol. The lowest BCUT2D eigenvalue weighted by Gasteiger charge is -2.50. The van der Waals surface area contributed by atoms with Crippen molar-refractivity contribution in [1.82, 2.24) is 9.80 Å². The van der Waals surface area contributed by atoms with E-state index in [2.05, 4.69) is 20.7 Å². The van der Waals surface area contributed by atoms with Crippen LogP contribution >= 0.6 is 39.1 Å². The van der Waals surface area contributed by atoms with Gasteiger partial charge in [0.2, 0.25) is 11.8 Å². The molecule has 1 saturated carbocycles. The Balaban J connectivity index is 1.72. The van der Waals surface area contributed by atoms with Crippen molar-refractivity contribution in [3.05, 3.63) is 41.0 Å². The number of allylic oxidation sites excluding steroid dienone is 2. The van der Waals surface area contributed by atoms with Crippen LogP contribution in [0.5, 0.6) is 5.75 Å². The van der Waals surface area contributed by atoms with Crippen LogP contribution in [0.1, 0.15) is 29.9 Å². The Morgan fingerprint density at radius 2 is 1.86 bits per heavy atom. The van der Waals surface area contributed by atoms with Crippen molar-refractivity contribution in [3.8, 4) is 5.75 Å². The van der Waals surface area contributed by atoms with Crippen molar-refractivity contribution in [1.29, 1.82) is 0 Å². The molecule has 5 amide bonds. The molecule has 3 fully saturated rings. The van der Waals surface area contributed by atoms with Gasteiger partial charge < -0.3 is 9.84 Å². The zero-order valence-corrected chi connectivity index (χ0v) is 22.3. The molecule has 0 aromatic heterocycles. The number of nitrogens with zero attached hydrogens (tertiary/aromatic N) is 2. The SMILES string of the molecule is COC(=O)N1C(=O)[C@H]2[C@H](CC=C3[C@H]2C[C@@]2(Cl)C(=O)N(CBr)C(=O)[C@@]2(Cl)[C@H]3c2ccc(O)c(C)c2)C1=O. The summed E-state index contributed by atoms with van der Waals surface area (Å²) in [6.45, 7) is 1.68. The zero-order chi connectivity index (χ0) is 26.3. The fourth-order valence-electron chi connectivity index (χ4n) is 6.26. The van der Waals surface area contributed by atoms with E-state index in [1.807, 2.05) is 0 Å². The third-order valence-electron chi connectivity index (χ3n) is 7.93. The molecule has 2 saturated heterocycles. The number of phenols is 1. The van der Waals surface area contributed by atoms with Gasteiger partial charge >= 0.3 is 6.09 Å². The molecule has 9 nitrogen and oxygen atoms in total. The third-order valence-corrected chi connectivity index (χ3v) is 9.84. The molecule has 0 bridgehead atoms. The van der Waals surface area contributed by atoms with E-state index in [1.54, 1.807) is 25.1 Å². The fourth-order valence-corrected chi connectivity index (χ4v) is 7.68. The van der Waals surface area contributed by atoms with Gasteiger partial charge in [0, 0.05) is 5.92 Å². The smallest absolute Gasteiger partial charge is 0.423 e. The molecule has 2 aliphatic heterocycles. The second kappa shape index (κ2) is 8.29. The Hall–Kier alpha value is -2.43. The lowest BCUT2D eigenvalue weighted by atomic mass is 9.56. The number of rotatable bonds is 2. The number of imide groups is 4. The maximum Gasteiger partial charge on any atom is 0.423 e. The molecule has 0 unspecified atom stereocenters. The first-order chi connectivity index (χ1) is 16.9. The predicted octanol–water partition coefficient (Wildman–Crippen LogP) is 3.18. The number of amides is 5. The van der Waals surface area contributed by atoms with Crippen LogP contribution in [-0.2, 0) is 23.9 Å². The average molecular weight is 600 g/mol. The summed E-state index contributed by atoms with van der Waals surface area (Å²) in [6, 6.07) is 4.72. The highest BCUT2D eigenvalue weighted by Crippen LogP contribution is 2.65. The van der Waals surface area contributed by atoms with E-state index in [1.165, 1.54) is 6.07 Å². The molecule has 2 aliphatic carbocycles. The highest BCUT2D eigenvalue weighted by atomic mass is 79.9. The number of hydrogen-bond donors (Lipinski definition) is 1. The quantitative estimate of drug-likeness (QED) is 0.240. The fraction of sp³-hybridized carbons (Fsp3) is 0.458. The van der Waals surface area contributed by atoms with E-state index in [-0.39, 0.29) is 24.0 Å². The van der Waals surface area contributed by atoms with Crippen molar-refractivity contribution in [3.63, 3.8) is 0 Å². The number of ether oxygens (including phenoxy) is 1. The van der Waals surface area contributed by atoms with Gasteiger partial charge in [-0.3, -0.25) is 24.1 Å². The zero-order valence-electron chi connectivity index (χ0n) is 19.2. The molecule has 2 heterocycles. The van der Waals surface area contributed by atoms with E-state index >= 15 is 0 Å². The number of aryl methyl sites for hydroxylation is 1. The number of carbonyl (C=O) groups excluding carboxylic acids is 5. The Kier molecular flexibility index (Phi) is 5.81. The molecule has 36 heavy (non-hydrogen) atoms. The van der Waals surface area contributed by atoms with Gasteiger partial charge in [0.15, 0.2) is 9.75 Å². The number of alkyl halides is 3. The van der Waals surface area contributed by atoms with Gasteiger partial charge in [-0.05, 0) is 42.9 Å². The van der Waals surface area contributed by atoms with Crippen molar-refractivity contribution in [2.24, 2.45) is 17.8 Å². The van der Waals surface area contributed by atoms with Gasteiger partial charge in [-0.25, -0.2) is 4.79 Å². The average Bonchev–Trinajstić information content (AvgIpc) is 3.18. The summed E-state index contributed by atoms with van der Waals surface area (Å²) in [5.74, 6) is -6.25. The third kappa shape index (κ3) is 2.98. The summed E-state index contributed by atoms with van der Waals surface area (Å²) in [5, 5.41) is 10.1. The summed E-state index contributed by atoms with van der Waals surface area (Å²) in [4.78, 5) is 63.3. The van der Waals surface area contributed by atoms with Crippen LogP contribution in [0.3, 0.4) is 0 Å². The first kappa shape index (κ1) is 25.2. The summed E-state index contributed by atoms with van der Waals surface area (Å²) in [6.07, 6.45) is 0.641. The van der Waals surface area contributed by atoms with Crippen LogP contribution < -0.4 is 0 Å². The molecule has 12 heteroatoms. The number of likely N-dealkylation sites (tertiary alicyclic amines) is 2. The lowest BCUT2D eigenvalue weighted by Crippen LogP contribution is -2.60. The monoisotopic (exact) mass is 598 g/mol. The van der Waals surface area contributed by atoms with Crippen LogP contribution in [0.15, 0.2) is 29.8 Å². The Bertz CT molecular complexity index is 1280. The first-order valence-electron chi connectivity index (χ1n) is 11.2. The number of halogens is 3. The van der Waals surface area contributed by atoms with E-state index in [4.69, 9.17) is 23.2 Å². The van der Waals surface area contributed by atoms with Crippen LogP contribution in [0, 0.1) is 24.7 Å². The number of phenolic OH excluding ortho intramolecular Hbond substituents is 1. The van der Waals surface area contributed by atoms with Gasteiger partial charge in [-0.15, -0.1) is 23.2 Å². The summed E-state index contributed by atoms with van der Waals surface area (Å²) in [7, 11) is 1.08. The van der Waals surface area contributed by atoms with Gasteiger partial charge in [0.05, 0.1) is 24.4 Å². The second-order valence-corrected chi connectivity index (χ2v) is 11.3. The topological polar surface area (TPSA) is 121 Å².